The predicted octanol–water partition coefficient (Wildman–Crippen LogP) is 4.84. The molecule has 1 saturated heterocycles. The molecule has 1 aliphatic rings. The highest BCUT2D eigenvalue weighted by molar-refractivity contribution is 5.32. The van der Waals surface area contributed by atoms with Gasteiger partial charge in [-0.15, -0.1) is 0 Å². The van der Waals surface area contributed by atoms with Crippen LogP contribution in [0.25, 0.3) is 0 Å². The molecule has 0 saturated carbocycles. The first-order chi connectivity index (χ1) is 13.7. The van der Waals surface area contributed by atoms with E-state index in [1.54, 1.807) is 12.1 Å². The number of rotatable bonds is 9. The van der Waals surface area contributed by atoms with Crippen LogP contribution in [0.5, 0.6) is 0 Å². The summed E-state index contributed by atoms with van der Waals surface area (Å²) in [4.78, 5) is 13.0. The lowest BCUT2D eigenvalue weighted by Crippen LogP contribution is -2.44. The second kappa shape index (κ2) is 10.3. The first-order valence-electron chi connectivity index (χ1n) is 10.2. The summed E-state index contributed by atoms with van der Waals surface area (Å²) >= 11 is 0. The number of nitro benzene ring substituents is 1. The monoisotopic (exact) mass is 382 g/mol. The Morgan fingerprint density at radius 2 is 1.86 bits per heavy atom. The van der Waals surface area contributed by atoms with E-state index in [1.165, 1.54) is 18.4 Å². The second-order valence-corrected chi connectivity index (χ2v) is 7.62. The largest absolute Gasteiger partial charge is 0.380 e. The Balaban J connectivity index is 1.57. The number of likely N-dealkylation sites (tertiary alicyclic amines) is 1. The summed E-state index contributed by atoms with van der Waals surface area (Å²) in [6.07, 6.45) is 4.70. The highest BCUT2D eigenvalue weighted by atomic mass is 16.6. The number of hydrogen-bond acceptors (Lipinski definition) is 4. The lowest BCUT2D eigenvalue weighted by atomic mass is 9.86. The van der Waals surface area contributed by atoms with Crippen LogP contribution >= 0.6 is 0 Å². The van der Waals surface area contributed by atoms with Crippen LogP contribution in [0.15, 0.2) is 54.6 Å². The minimum atomic E-state index is -0.347. The molecule has 0 radical (unpaired) electrons. The number of piperidine rings is 1. The van der Waals surface area contributed by atoms with Gasteiger partial charge in [0.2, 0.25) is 0 Å². The first-order valence-corrected chi connectivity index (χ1v) is 10.2. The molecular weight excluding hydrogens is 352 g/mol. The first kappa shape index (κ1) is 20.5. The van der Waals surface area contributed by atoms with Crippen LogP contribution in [-0.2, 0) is 17.7 Å². The van der Waals surface area contributed by atoms with E-state index in [0.717, 1.165) is 50.6 Å². The van der Waals surface area contributed by atoms with Gasteiger partial charge in [0.05, 0.1) is 11.5 Å². The molecule has 0 bridgehead atoms. The van der Waals surface area contributed by atoms with Gasteiger partial charge in [0.15, 0.2) is 0 Å². The molecule has 5 heteroatoms. The number of nitrogens with zero attached hydrogens (tertiary/aromatic N) is 2. The third-order valence-corrected chi connectivity index (χ3v) is 5.68. The molecule has 2 aromatic carbocycles. The van der Waals surface area contributed by atoms with Crippen molar-refractivity contribution in [1.29, 1.82) is 0 Å². The zero-order valence-electron chi connectivity index (χ0n) is 16.6. The smallest absolute Gasteiger partial charge is 0.269 e. The summed E-state index contributed by atoms with van der Waals surface area (Å²) in [7, 11) is 0. The number of aryl methyl sites for hydroxylation is 1. The van der Waals surface area contributed by atoms with Gasteiger partial charge in [-0.25, -0.2) is 0 Å². The molecule has 1 heterocycles. The van der Waals surface area contributed by atoms with E-state index in [2.05, 4.69) is 35.2 Å². The van der Waals surface area contributed by atoms with E-state index >= 15 is 0 Å². The van der Waals surface area contributed by atoms with E-state index in [4.69, 9.17) is 4.74 Å². The van der Waals surface area contributed by atoms with Crippen molar-refractivity contribution in [2.75, 3.05) is 19.8 Å². The van der Waals surface area contributed by atoms with Gasteiger partial charge in [-0.3, -0.25) is 15.0 Å². The van der Waals surface area contributed by atoms with Crippen molar-refractivity contribution in [3.8, 4) is 0 Å². The van der Waals surface area contributed by atoms with Gasteiger partial charge in [-0.05, 0) is 56.2 Å². The van der Waals surface area contributed by atoms with Gasteiger partial charge in [0, 0.05) is 31.3 Å². The maximum Gasteiger partial charge on any atom is 0.269 e. The third kappa shape index (κ3) is 5.88. The minimum Gasteiger partial charge on any atom is -0.380 e. The molecule has 2 unspecified atom stereocenters. The molecule has 2 atom stereocenters. The Kier molecular flexibility index (Phi) is 7.57. The van der Waals surface area contributed by atoms with Crippen molar-refractivity contribution in [1.82, 2.24) is 4.90 Å². The quantitative estimate of drug-likeness (QED) is 0.460. The molecule has 2 aromatic rings. The normalized spacial score (nSPS) is 20.2. The van der Waals surface area contributed by atoms with Crippen LogP contribution in [0.3, 0.4) is 0 Å². The van der Waals surface area contributed by atoms with Crippen LogP contribution in [0.1, 0.15) is 37.3 Å². The van der Waals surface area contributed by atoms with Crippen molar-refractivity contribution in [2.45, 2.75) is 45.2 Å². The molecule has 150 valence electrons. The van der Waals surface area contributed by atoms with Crippen molar-refractivity contribution in [3.05, 3.63) is 75.8 Å². The van der Waals surface area contributed by atoms with E-state index in [-0.39, 0.29) is 10.6 Å². The summed E-state index contributed by atoms with van der Waals surface area (Å²) in [6, 6.07) is 18.1. The Morgan fingerprint density at radius 3 is 2.54 bits per heavy atom. The van der Waals surface area contributed by atoms with E-state index in [0.29, 0.717) is 6.04 Å². The topological polar surface area (TPSA) is 55.6 Å². The molecule has 3 rings (SSSR count). The number of benzene rings is 2. The van der Waals surface area contributed by atoms with Crippen molar-refractivity contribution in [3.63, 3.8) is 0 Å². The van der Waals surface area contributed by atoms with Gasteiger partial charge in [-0.1, -0.05) is 42.5 Å². The van der Waals surface area contributed by atoms with Gasteiger partial charge < -0.3 is 4.74 Å². The molecule has 28 heavy (non-hydrogen) atoms. The maximum absolute atomic E-state index is 10.9. The Labute approximate surface area is 167 Å². The third-order valence-electron chi connectivity index (χ3n) is 5.68. The minimum absolute atomic E-state index is 0.147. The van der Waals surface area contributed by atoms with Crippen LogP contribution in [0, 0.1) is 16.0 Å². The SMILES string of the molecule is CCOCC1CC(CCc2ccccc2)CCN1Cc1ccc([N+](=O)[O-])cc1. The molecular formula is C23H30N2O3. The molecule has 1 fully saturated rings. The standard InChI is InChI=1S/C23H30N2O3/c1-2-28-18-23-16-20(9-8-19-6-4-3-5-7-19)14-15-24(23)17-21-10-12-22(13-11-21)25(26)27/h3-7,10-13,20,23H,2,8-9,14-18H2,1H3. The highest BCUT2D eigenvalue weighted by Crippen LogP contribution is 2.28. The molecule has 0 spiro atoms. The van der Waals surface area contributed by atoms with E-state index in [1.807, 2.05) is 19.1 Å². The van der Waals surface area contributed by atoms with Crippen LogP contribution in [0.2, 0.25) is 0 Å². The molecule has 0 aromatic heterocycles. The van der Waals surface area contributed by atoms with Gasteiger partial charge in [0.1, 0.15) is 0 Å². The fourth-order valence-electron chi connectivity index (χ4n) is 4.05. The zero-order valence-corrected chi connectivity index (χ0v) is 16.6. The summed E-state index contributed by atoms with van der Waals surface area (Å²) in [6.45, 7) is 5.40. The Morgan fingerprint density at radius 1 is 1.11 bits per heavy atom. The number of ether oxygens (including phenoxy) is 1. The number of hydrogen-bond donors (Lipinski definition) is 0. The van der Waals surface area contributed by atoms with Crippen LogP contribution in [0.4, 0.5) is 5.69 Å². The fourth-order valence-corrected chi connectivity index (χ4v) is 4.05. The lowest BCUT2D eigenvalue weighted by Gasteiger charge is -2.39. The summed E-state index contributed by atoms with van der Waals surface area (Å²) in [5.74, 6) is 0.721. The van der Waals surface area contributed by atoms with Crippen molar-refractivity contribution in [2.24, 2.45) is 5.92 Å². The van der Waals surface area contributed by atoms with E-state index in [9.17, 15) is 10.1 Å². The Hall–Kier alpha value is -2.24. The number of non-ortho nitro benzene ring substituents is 1. The van der Waals surface area contributed by atoms with Crippen molar-refractivity contribution < 1.29 is 9.66 Å². The van der Waals surface area contributed by atoms with Gasteiger partial charge in [0.25, 0.3) is 5.69 Å². The molecule has 5 nitrogen and oxygen atoms in total. The maximum atomic E-state index is 10.9. The lowest BCUT2D eigenvalue weighted by molar-refractivity contribution is -0.384. The fraction of sp³-hybridized carbons (Fsp3) is 0.478. The van der Waals surface area contributed by atoms with E-state index < -0.39 is 0 Å². The summed E-state index contributed by atoms with van der Waals surface area (Å²) in [5.41, 5.74) is 2.68. The molecule has 0 aliphatic carbocycles. The highest BCUT2D eigenvalue weighted by Gasteiger charge is 2.28. The van der Waals surface area contributed by atoms with Crippen molar-refractivity contribution >= 4 is 5.69 Å². The average molecular weight is 383 g/mol. The zero-order chi connectivity index (χ0) is 19.8. The molecule has 0 amide bonds. The molecule has 1 aliphatic heterocycles. The molecule has 0 N–H and O–H groups in total. The van der Waals surface area contributed by atoms with Crippen LogP contribution < -0.4 is 0 Å². The second-order valence-electron chi connectivity index (χ2n) is 7.62. The summed E-state index contributed by atoms with van der Waals surface area (Å²) < 4.78 is 5.77. The Bertz CT molecular complexity index is 733. The predicted molar refractivity (Wildman–Crippen MR) is 111 cm³/mol. The average Bonchev–Trinajstić information content (AvgIpc) is 2.73. The van der Waals surface area contributed by atoms with Gasteiger partial charge >= 0.3 is 0 Å². The summed E-state index contributed by atoms with van der Waals surface area (Å²) in [5, 5.41) is 10.9. The number of nitro groups is 1. The van der Waals surface area contributed by atoms with Crippen LogP contribution in [-0.4, -0.2) is 35.6 Å². The van der Waals surface area contributed by atoms with Gasteiger partial charge in [-0.2, -0.15) is 0 Å².